The van der Waals surface area contributed by atoms with Crippen LogP contribution in [0.5, 0.6) is 0 Å². The van der Waals surface area contributed by atoms with Crippen LogP contribution in [0.4, 0.5) is 0 Å². The Bertz CT molecular complexity index is 500. The standard InChI is InChI=1S/C11H19N3O3S/c1-8-9(3-5-12)10(15)14(13-8)11(2)4-6-18(16,17)7-11/h9H,3-7,12H2,1-2H3. The van der Waals surface area contributed by atoms with E-state index in [2.05, 4.69) is 5.10 Å². The van der Waals surface area contributed by atoms with Gasteiger partial charge in [0.1, 0.15) is 0 Å². The van der Waals surface area contributed by atoms with Gasteiger partial charge in [-0.05, 0) is 33.2 Å². The van der Waals surface area contributed by atoms with Gasteiger partial charge in [-0.1, -0.05) is 0 Å². The van der Waals surface area contributed by atoms with Crippen LogP contribution in [-0.2, 0) is 14.6 Å². The van der Waals surface area contributed by atoms with E-state index in [0.717, 1.165) is 5.71 Å². The number of nitrogens with two attached hydrogens (primary N) is 1. The normalized spacial score (nSPS) is 35.1. The number of rotatable bonds is 3. The van der Waals surface area contributed by atoms with Crippen LogP contribution in [0.25, 0.3) is 0 Å². The molecular weight excluding hydrogens is 254 g/mol. The molecule has 7 heteroatoms. The Kier molecular flexibility index (Phi) is 3.23. The molecular formula is C11H19N3O3S. The van der Waals surface area contributed by atoms with Gasteiger partial charge in [0, 0.05) is 5.71 Å². The first-order valence-electron chi connectivity index (χ1n) is 6.09. The predicted octanol–water partition coefficient (Wildman–Crippen LogP) is -0.253. The first-order chi connectivity index (χ1) is 8.29. The molecule has 6 nitrogen and oxygen atoms in total. The number of amides is 1. The smallest absolute Gasteiger partial charge is 0.252 e. The van der Waals surface area contributed by atoms with Gasteiger partial charge >= 0.3 is 0 Å². The van der Waals surface area contributed by atoms with Crippen LogP contribution >= 0.6 is 0 Å². The van der Waals surface area contributed by atoms with Crippen LogP contribution in [0.2, 0.25) is 0 Å². The molecule has 1 amide bonds. The van der Waals surface area contributed by atoms with Crippen molar-refractivity contribution in [2.24, 2.45) is 16.8 Å². The summed E-state index contributed by atoms with van der Waals surface area (Å²) in [6, 6.07) is 0. The molecule has 0 spiro atoms. The molecule has 0 bridgehead atoms. The van der Waals surface area contributed by atoms with Gasteiger partial charge in [0.2, 0.25) is 0 Å². The molecule has 102 valence electrons. The van der Waals surface area contributed by atoms with Crippen molar-refractivity contribution in [3.8, 4) is 0 Å². The van der Waals surface area contributed by atoms with E-state index < -0.39 is 15.4 Å². The Morgan fingerprint density at radius 2 is 2.22 bits per heavy atom. The largest absolute Gasteiger partial charge is 0.330 e. The lowest BCUT2D eigenvalue weighted by Crippen LogP contribution is -2.47. The van der Waals surface area contributed by atoms with Crippen molar-refractivity contribution in [3.63, 3.8) is 0 Å². The van der Waals surface area contributed by atoms with E-state index in [9.17, 15) is 13.2 Å². The molecule has 2 heterocycles. The van der Waals surface area contributed by atoms with Crippen molar-refractivity contribution in [2.75, 3.05) is 18.1 Å². The molecule has 0 aromatic carbocycles. The van der Waals surface area contributed by atoms with Crippen LogP contribution in [0.1, 0.15) is 26.7 Å². The molecule has 0 radical (unpaired) electrons. The Morgan fingerprint density at radius 1 is 1.56 bits per heavy atom. The number of hydrogen-bond donors (Lipinski definition) is 1. The summed E-state index contributed by atoms with van der Waals surface area (Å²) in [4.78, 5) is 12.3. The number of sulfone groups is 1. The van der Waals surface area contributed by atoms with Gasteiger partial charge in [0.05, 0.1) is 23.0 Å². The molecule has 18 heavy (non-hydrogen) atoms. The van der Waals surface area contributed by atoms with Crippen molar-refractivity contribution in [1.29, 1.82) is 0 Å². The number of hydrogen-bond acceptors (Lipinski definition) is 5. The zero-order valence-corrected chi connectivity index (χ0v) is 11.5. The molecule has 2 unspecified atom stereocenters. The fraction of sp³-hybridized carbons (Fsp3) is 0.818. The number of carbonyl (C=O) groups excluding carboxylic acids is 1. The molecule has 2 aliphatic heterocycles. The average Bonchev–Trinajstić information content (AvgIpc) is 2.70. The summed E-state index contributed by atoms with van der Waals surface area (Å²) in [5, 5.41) is 5.65. The topological polar surface area (TPSA) is 92.8 Å². The van der Waals surface area contributed by atoms with E-state index in [1.165, 1.54) is 5.01 Å². The minimum absolute atomic E-state index is 0.00212. The Hall–Kier alpha value is -0.950. The minimum Gasteiger partial charge on any atom is -0.330 e. The van der Waals surface area contributed by atoms with Crippen molar-refractivity contribution in [2.45, 2.75) is 32.2 Å². The predicted molar refractivity (Wildman–Crippen MR) is 68.8 cm³/mol. The highest BCUT2D eigenvalue weighted by Crippen LogP contribution is 2.34. The minimum atomic E-state index is -3.05. The van der Waals surface area contributed by atoms with Gasteiger partial charge in [0.15, 0.2) is 9.84 Å². The molecule has 0 aromatic heterocycles. The number of hydrazone groups is 1. The molecule has 0 saturated carbocycles. The first-order valence-corrected chi connectivity index (χ1v) is 7.91. The summed E-state index contributed by atoms with van der Waals surface area (Å²) in [6.45, 7) is 4.01. The Balaban J connectivity index is 2.24. The molecule has 1 saturated heterocycles. The molecule has 0 aliphatic carbocycles. The second-order valence-electron chi connectivity index (χ2n) is 5.36. The maximum Gasteiger partial charge on any atom is 0.252 e. The quantitative estimate of drug-likeness (QED) is 0.767. The van der Waals surface area contributed by atoms with Gasteiger partial charge in [-0.15, -0.1) is 0 Å². The monoisotopic (exact) mass is 273 g/mol. The average molecular weight is 273 g/mol. The van der Waals surface area contributed by atoms with Crippen LogP contribution < -0.4 is 5.73 Å². The highest BCUT2D eigenvalue weighted by molar-refractivity contribution is 7.91. The van der Waals surface area contributed by atoms with Gasteiger partial charge in [-0.3, -0.25) is 4.79 Å². The fourth-order valence-corrected chi connectivity index (χ4v) is 4.76. The van der Waals surface area contributed by atoms with E-state index in [4.69, 9.17) is 5.73 Å². The van der Waals surface area contributed by atoms with E-state index in [0.29, 0.717) is 19.4 Å². The third-order valence-electron chi connectivity index (χ3n) is 3.72. The molecule has 2 rings (SSSR count). The summed E-state index contributed by atoms with van der Waals surface area (Å²) in [5.41, 5.74) is 5.52. The summed E-state index contributed by atoms with van der Waals surface area (Å²) in [6.07, 6.45) is 1.01. The van der Waals surface area contributed by atoms with Crippen molar-refractivity contribution in [1.82, 2.24) is 5.01 Å². The second-order valence-corrected chi connectivity index (χ2v) is 7.54. The van der Waals surface area contributed by atoms with Crippen LogP contribution in [0.3, 0.4) is 0 Å². The maximum atomic E-state index is 12.3. The fourth-order valence-electron chi connectivity index (χ4n) is 2.65. The summed E-state index contributed by atoms with van der Waals surface area (Å²) in [7, 11) is -3.05. The van der Waals surface area contributed by atoms with Crippen molar-refractivity contribution < 1.29 is 13.2 Å². The van der Waals surface area contributed by atoms with E-state index in [1.54, 1.807) is 13.8 Å². The molecule has 1 fully saturated rings. The number of nitrogens with zero attached hydrogens (tertiary/aromatic N) is 2. The summed E-state index contributed by atoms with van der Waals surface area (Å²) < 4.78 is 23.2. The lowest BCUT2D eigenvalue weighted by molar-refractivity contribution is -0.136. The van der Waals surface area contributed by atoms with Crippen LogP contribution in [0.15, 0.2) is 5.10 Å². The molecule has 2 N–H and O–H groups in total. The number of carbonyl (C=O) groups is 1. The summed E-state index contributed by atoms with van der Waals surface area (Å²) >= 11 is 0. The molecule has 2 atom stereocenters. The maximum absolute atomic E-state index is 12.3. The first kappa shape index (κ1) is 13.5. The third kappa shape index (κ3) is 2.16. The zero-order valence-electron chi connectivity index (χ0n) is 10.7. The van der Waals surface area contributed by atoms with Gasteiger partial charge in [0.25, 0.3) is 5.91 Å². The lowest BCUT2D eigenvalue weighted by atomic mass is 9.97. The van der Waals surface area contributed by atoms with Gasteiger partial charge < -0.3 is 5.73 Å². The Morgan fingerprint density at radius 3 is 2.72 bits per heavy atom. The van der Waals surface area contributed by atoms with Gasteiger partial charge in [-0.2, -0.15) is 5.10 Å². The van der Waals surface area contributed by atoms with E-state index >= 15 is 0 Å². The molecule has 2 aliphatic rings. The highest BCUT2D eigenvalue weighted by Gasteiger charge is 2.49. The SMILES string of the molecule is CC1=NN(C2(C)CCS(=O)(=O)C2)C(=O)C1CCN. The zero-order chi connectivity index (χ0) is 13.6. The van der Waals surface area contributed by atoms with Crippen LogP contribution in [-0.4, -0.2) is 48.6 Å². The van der Waals surface area contributed by atoms with Crippen molar-refractivity contribution in [3.05, 3.63) is 0 Å². The third-order valence-corrected chi connectivity index (χ3v) is 5.61. The van der Waals surface area contributed by atoms with E-state index in [-0.39, 0.29) is 23.3 Å². The van der Waals surface area contributed by atoms with Crippen molar-refractivity contribution >= 4 is 21.5 Å². The molecule has 0 aromatic rings. The van der Waals surface area contributed by atoms with Gasteiger partial charge in [-0.25, -0.2) is 13.4 Å². The second kappa shape index (κ2) is 4.31. The summed E-state index contributed by atoms with van der Waals surface area (Å²) in [5.74, 6) is -0.269. The highest BCUT2D eigenvalue weighted by atomic mass is 32.2. The lowest BCUT2D eigenvalue weighted by Gasteiger charge is -2.31. The van der Waals surface area contributed by atoms with E-state index in [1.807, 2.05) is 0 Å². The Labute approximate surface area is 107 Å². The van der Waals surface area contributed by atoms with Crippen LogP contribution in [0, 0.1) is 5.92 Å².